The second-order valence-corrected chi connectivity index (χ2v) is 7.47. The fourth-order valence-corrected chi connectivity index (χ4v) is 3.50. The molecule has 19 heavy (non-hydrogen) atoms. The van der Waals surface area contributed by atoms with Crippen LogP contribution in [0.4, 0.5) is 0 Å². The third-order valence-corrected chi connectivity index (χ3v) is 4.13. The maximum absolute atomic E-state index is 4.57. The van der Waals surface area contributed by atoms with Crippen molar-refractivity contribution in [2.75, 3.05) is 13.1 Å². The second kappa shape index (κ2) is 5.94. The number of nitrogens with zero attached hydrogens (tertiary/aromatic N) is 4. The van der Waals surface area contributed by atoms with Crippen molar-refractivity contribution in [2.24, 2.45) is 17.5 Å². The lowest BCUT2D eigenvalue weighted by molar-refractivity contribution is 0.375. The molecule has 0 saturated carbocycles. The maximum Gasteiger partial charge on any atom is 0.156 e. The van der Waals surface area contributed by atoms with Crippen LogP contribution in [0.25, 0.3) is 0 Å². The van der Waals surface area contributed by atoms with Crippen molar-refractivity contribution in [3.8, 4) is 0 Å². The van der Waals surface area contributed by atoms with Crippen LogP contribution in [0.3, 0.4) is 0 Å². The fraction of sp³-hybridized carbons (Fsp3) is 0.769. The van der Waals surface area contributed by atoms with E-state index in [1.54, 1.807) is 6.33 Å². The molecule has 0 bridgehead atoms. The predicted octanol–water partition coefficient (Wildman–Crippen LogP) is 1.85. The molecule has 2 heterocycles. The van der Waals surface area contributed by atoms with Gasteiger partial charge in [0.15, 0.2) is 5.17 Å². The summed E-state index contributed by atoms with van der Waals surface area (Å²) in [5, 5.41) is 13.0. The van der Waals surface area contributed by atoms with Crippen molar-refractivity contribution < 1.29 is 0 Å². The van der Waals surface area contributed by atoms with Crippen LogP contribution < -0.4 is 5.32 Å². The first kappa shape index (κ1) is 14.4. The van der Waals surface area contributed by atoms with Gasteiger partial charge in [0, 0.05) is 25.3 Å². The Morgan fingerprint density at radius 3 is 2.89 bits per heavy atom. The first-order valence-electron chi connectivity index (χ1n) is 6.72. The SMILES string of the molecule is Cn1cnnc1CCNC1=NCC(CC(C)(C)C)S1. The molecule has 6 heteroatoms. The molecule has 0 amide bonds. The van der Waals surface area contributed by atoms with Crippen molar-refractivity contribution in [1.82, 2.24) is 20.1 Å². The maximum atomic E-state index is 4.57. The van der Waals surface area contributed by atoms with Crippen LogP contribution >= 0.6 is 11.8 Å². The van der Waals surface area contributed by atoms with Crippen molar-refractivity contribution in [3.63, 3.8) is 0 Å². The molecule has 106 valence electrons. The number of thioether (sulfide) groups is 1. The summed E-state index contributed by atoms with van der Waals surface area (Å²) in [6, 6.07) is 0. The Hall–Kier alpha value is -1.04. The molecule has 1 N–H and O–H groups in total. The summed E-state index contributed by atoms with van der Waals surface area (Å²) in [5.41, 5.74) is 0.376. The average Bonchev–Trinajstić information content (AvgIpc) is 2.87. The van der Waals surface area contributed by atoms with E-state index in [1.165, 1.54) is 6.42 Å². The van der Waals surface area contributed by atoms with Gasteiger partial charge in [0.2, 0.25) is 0 Å². The summed E-state index contributed by atoms with van der Waals surface area (Å²) in [6.07, 6.45) is 3.81. The minimum atomic E-state index is 0.376. The quantitative estimate of drug-likeness (QED) is 0.915. The van der Waals surface area contributed by atoms with Crippen molar-refractivity contribution >= 4 is 16.9 Å². The highest BCUT2D eigenvalue weighted by molar-refractivity contribution is 8.14. The van der Waals surface area contributed by atoms with Gasteiger partial charge < -0.3 is 9.88 Å². The first-order valence-corrected chi connectivity index (χ1v) is 7.60. The summed E-state index contributed by atoms with van der Waals surface area (Å²) in [4.78, 5) is 4.57. The molecule has 0 radical (unpaired) electrons. The van der Waals surface area contributed by atoms with E-state index in [0.29, 0.717) is 10.7 Å². The fourth-order valence-electron chi connectivity index (χ4n) is 2.12. The number of aryl methyl sites for hydroxylation is 1. The van der Waals surface area contributed by atoms with E-state index in [9.17, 15) is 0 Å². The molecule has 0 fully saturated rings. The highest BCUT2D eigenvalue weighted by atomic mass is 32.2. The van der Waals surface area contributed by atoms with E-state index in [4.69, 9.17) is 0 Å². The molecule has 1 aromatic rings. The lowest BCUT2D eigenvalue weighted by atomic mass is 9.90. The zero-order valence-electron chi connectivity index (χ0n) is 12.2. The highest BCUT2D eigenvalue weighted by Gasteiger charge is 2.24. The van der Waals surface area contributed by atoms with Crippen molar-refractivity contribution in [1.29, 1.82) is 0 Å². The molecule has 1 aromatic heterocycles. The van der Waals surface area contributed by atoms with Crippen molar-refractivity contribution in [3.05, 3.63) is 12.2 Å². The summed E-state index contributed by atoms with van der Waals surface area (Å²) in [6.45, 7) is 8.65. The number of aromatic nitrogens is 3. The van der Waals surface area contributed by atoms with E-state index in [-0.39, 0.29) is 0 Å². The lowest BCUT2D eigenvalue weighted by Gasteiger charge is -2.21. The van der Waals surface area contributed by atoms with Gasteiger partial charge in [-0.3, -0.25) is 4.99 Å². The molecule has 5 nitrogen and oxygen atoms in total. The monoisotopic (exact) mass is 281 g/mol. The molecule has 0 spiro atoms. The molecular weight excluding hydrogens is 258 g/mol. The zero-order chi connectivity index (χ0) is 13.9. The topological polar surface area (TPSA) is 55.1 Å². The number of rotatable bonds is 4. The Kier molecular flexibility index (Phi) is 4.50. The summed E-state index contributed by atoms with van der Waals surface area (Å²) < 4.78 is 1.95. The number of aliphatic imine (C=N–C) groups is 1. The average molecular weight is 281 g/mol. The minimum Gasteiger partial charge on any atom is -0.364 e. The Morgan fingerprint density at radius 1 is 1.47 bits per heavy atom. The van der Waals surface area contributed by atoms with E-state index < -0.39 is 0 Å². The lowest BCUT2D eigenvalue weighted by Crippen LogP contribution is -2.23. The van der Waals surface area contributed by atoms with Gasteiger partial charge in [-0.25, -0.2) is 0 Å². The zero-order valence-corrected chi connectivity index (χ0v) is 13.0. The van der Waals surface area contributed by atoms with Gasteiger partial charge >= 0.3 is 0 Å². The normalized spacial score (nSPS) is 19.6. The highest BCUT2D eigenvalue weighted by Crippen LogP contribution is 2.31. The molecule has 0 aliphatic carbocycles. The number of hydrogen-bond acceptors (Lipinski definition) is 5. The molecule has 1 aliphatic rings. The molecule has 0 saturated heterocycles. The smallest absolute Gasteiger partial charge is 0.156 e. The predicted molar refractivity (Wildman–Crippen MR) is 80.5 cm³/mol. The van der Waals surface area contributed by atoms with Crippen LogP contribution in [0.1, 0.15) is 33.0 Å². The Bertz CT molecular complexity index is 446. The Balaban J connectivity index is 1.70. The number of amidine groups is 1. The van der Waals surface area contributed by atoms with Crippen LogP contribution in [0.5, 0.6) is 0 Å². The summed E-state index contributed by atoms with van der Waals surface area (Å²) in [5.74, 6) is 1.00. The summed E-state index contributed by atoms with van der Waals surface area (Å²) in [7, 11) is 1.97. The second-order valence-electron chi connectivity index (χ2n) is 6.19. The van der Waals surface area contributed by atoms with Gasteiger partial charge in [-0.1, -0.05) is 32.5 Å². The van der Waals surface area contributed by atoms with Crippen molar-refractivity contribution in [2.45, 2.75) is 38.9 Å². The van der Waals surface area contributed by atoms with Gasteiger partial charge in [0.1, 0.15) is 12.2 Å². The van der Waals surface area contributed by atoms with Crippen LogP contribution in [-0.2, 0) is 13.5 Å². The molecule has 1 aliphatic heterocycles. The van der Waals surface area contributed by atoms with Crippen LogP contribution in [0.15, 0.2) is 11.3 Å². The molecular formula is C13H23N5S. The van der Waals surface area contributed by atoms with Gasteiger partial charge in [-0.05, 0) is 11.8 Å². The molecule has 1 unspecified atom stereocenters. The van der Waals surface area contributed by atoms with Gasteiger partial charge in [-0.2, -0.15) is 0 Å². The minimum absolute atomic E-state index is 0.376. The molecule has 0 aromatic carbocycles. The van der Waals surface area contributed by atoms with Gasteiger partial charge in [-0.15, -0.1) is 10.2 Å². The van der Waals surface area contributed by atoms with E-state index >= 15 is 0 Å². The Labute approximate surface area is 119 Å². The molecule has 1 atom stereocenters. The standard InChI is InChI=1S/C13H23N5S/c1-13(2,3)7-10-8-15-12(19-10)14-6-5-11-17-16-9-18(11)4/h9-10H,5-8H2,1-4H3,(H,14,15). The van der Waals surface area contributed by atoms with Gasteiger partial charge in [0.25, 0.3) is 0 Å². The Morgan fingerprint density at radius 2 is 2.26 bits per heavy atom. The number of hydrogen-bond donors (Lipinski definition) is 1. The first-order chi connectivity index (χ1) is 8.94. The number of nitrogens with one attached hydrogen (secondary N) is 1. The van der Waals surface area contributed by atoms with Crippen LogP contribution in [0, 0.1) is 5.41 Å². The third-order valence-electron chi connectivity index (χ3n) is 2.99. The largest absolute Gasteiger partial charge is 0.364 e. The van der Waals surface area contributed by atoms with Gasteiger partial charge in [0.05, 0.1) is 6.54 Å². The summed E-state index contributed by atoms with van der Waals surface area (Å²) >= 11 is 1.87. The van der Waals surface area contributed by atoms with Crippen LogP contribution in [0.2, 0.25) is 0 Å². The molecule has 2 rings (SSSR count). The third kappa shape index (κ3) is 4.53. The van der Waals surface area contributed by atoms with Crippen LogP contribution in [-0.4, -0.2) is 38.3 Å². The van der Waals surface area contributed by atoms with E-state index in [2.05, 4.69) is 41.3 Å². The van der Waals surface area contributed by atoms with E-state index in [0.717, 1.165) is 30.5 Å². The van der Waals surface area contributed by atoms with E-state index in [1.807, 2.05) is 23.4 Å².